The van der Waals surface area contributed by atoms with Crippen molar-refractivity contribution in [3.63, 3.8) is 0 Å². The number of furan rings is 1. The van der Waals surface area contributed by atoms with Crippen molar-refractivity contribution >= 4 is 86.8 Å². The Morgan fingerprint density at radius 1 is 0.317 bits per heavy atom. The van der Waals surface area contributed by atoms with Gasteiger partial charge < -0.3 is 8.98 Å². The highest BCUT2D eigenvalue weighted by Crippen LogP contribution is 2.44. The molecular formula is C55H32N4O. The third kappa shape index (κ3) is 4.84. The van der Waals surface area contributed by atoms with E-state index in [0.717, 1.165) is 93.1 Å². The van der Waals surface area contributed by atoms with Crippen LogP contribution >= 0.6 is 0 Å². The smallest absolute Gasteiger partial charge is 0.166 e. The van der Waals surface area contributed by atoms with Gasteiger partial charge in [0.15, 0.2) is 23.1 Å². The van der Waals surface area contributed by atoms with E-state index < -0.39 is 0 Å². The molecular weight excluding hydrogens is 733 g/mol. The molecule has 0 amide bonds. The van der Waals surface area contributed by atoms with Gasteiger partial charge in [0, 0.05) is 38.2 Å². The number of rotatable bonds is 4. The van der Waals surface area contributed by atoms with Gasteiger partial charge >= 0.3 is 0 Å². The second-order valence-electron chi connectivity index (χ2n) is 15.5. The van der Waals surface area contributed by atoms with E-state index in [2.05, 4.69) is 187 Å². The summed E-state index contributed by atoms with van der Waals surface area (Å²) >= 11 is 0. The zero-order chi connectivity index (χ0) is 39.3. The Morgan fingerprint density at radius 3 is 1.72 bits per heavy atom. The van der Waals surface area contributed by atoms with Crippen molar-refractivity contribution in [3.05, 3.63) is 194 Å². The van der Waals surface area contributed by atoms with Crippen LogP contribution in [0.25, 0.3) is 127 Å². The Labute approximate surface area is 343 Å². The molecule has 0 radical (unpaired) electrons. The molecule has 0 aliphatic carbocycles. The van der Waals surface area contributed by atoms with Gasteiger partial charge in [-0.1, -0.05) is 152 Å². The van der Waals surface area contributed by atoms with Crippen LogP contribution in [0.15, 0.2) is 199 Å². The van der Waals surface area contributed by atoms with Crippen molar-refractivity contribution in [3.8, 4) is 39.9 Å². The van der Waals surface area contributed by atoms with Gasteiger partial charge in [-0.15, -0.1) is 0 Å². The van der Waals surface area contributed by atoms with Gasteiger partial charge in [-0.25, -0.2) is 15.0 Å². The monoisotopic (exact) mass is 764 g/mol. The van der Waals surface area contributed by atoms with Crippen LogP contribution in [-0.4, -0.2) is 19.5 Å². The lowest BCUT2D eigenvalue weighted by Crippen LogP contribution is -2.04. The van der Waals surface area contributed by atoms with Crippen LogP contribution in [0.3, 0.4) is 0 Å². The van der Waals surface area contributed by atoms with Crippen molar-refractivity contribution in [2.24, 2.45) is 0 Å². The van der Waals surface area contributed by atoms with E-state index in [1.54, 1.807) is 0 Å². The lowest BCUT2D eigenvalue weighted by Gasteiger charge is -2.16. The van der Waals surface area contributed by atoms with E-state index in [4.69, 9.17) is 19.4 Å². The molecule has 5 nitrogen and oxygen atoms in total. The van der Waals surface area contributed by atoms with Gasteiger partial charge in [0.1, 0.15) is 11.3 Å². The third-order valence-electron chi connectivity index (χ3n) is 12.2. The first-order chi connectivity index (χ1) is 29.7. The number of hydrogen-bond acceptors (Lipinski definition) is 4. The predicted octanol–water partition coefficient (Wildman–Crippen LogP) is 14.5. The second-order valence-corrected chi connectivity index (χ2v) is 15.5. The van der Waals surface area contributed by atoms with Crippen LogP contribution in [-0.2, 0) is 0 Å². The number of fused-ring (bicyclic) bond motifs is 11. The highest BCUT2D eigenvalue weighted by molar-refractivity contribution is 6.17. The van der Waals surface area contributed by atoms with Crippen LogP contribution in [0.2, 0.25) is 0 Å². The molecule has 0 saturated heterocycles. The van der Waals surface area contributed by atoms with Crippen LogP contribution < -0.4 is 0 Å². The fourth-order valence-electron chi connectivity index (χ4n) is 9.47. The summed E-state index contributed by atoms with van der Waals surface area (Å²) in [4.78, 5) is 16.3. The van der Waals surface area contributed by atoms with E-state index in [1.165, 1.54) is 16.2 Å². The maximum absolute atomic E-state index is 6.96. The molecule has 278 valence electrons. The summed E-state index contributed by atoms with van der Waals surface area (Å²) in [6, 6.07) is 68.5. The van der Waals surface area contributed by atoms with Crippen molar-refractivity contribution in [2.75, 3.05) is 0 Å². The number of hydrogen-bond donors (Lipinski definition) is 0. The molecule has 0 aliphatic heterocycles. The fourth-order valence-corrected chi connectivity index (χ4v) is 9.47. The maximum atomic E-state index is 6.96. The van der Waals surface area contributed by atoms with Gasteiger partial charge in [-0.3, -0.25) is 0 Å². The molecule has 3 heterocycles. The molecule has 5 heteroatoms. The van der Waals surface area contributed by atoms with Gasteiger partial charge in [-0.2, -0.15) is 0 Å². The van der Waals surface area contributed by atoms with Crippen LogP contribution in [0.4, 0.5) is 0 Å². The molecule has 10 aromatic carbocycles. The number of aromatic nitrogens is 4. The molecule has 0 saturated carbocycles. The van der Waals surface area contributed by atoms with Crippen LogP contribution in [0.1, 0.15) is 0 Å². The zero-order valence-electron chi connectivity index (χ0n) is 32.2. The molecule has 0 fully saturated rings. The molecule has 0 atom stereocenters. The Morgan fingerprint density at radius 2 is 0.900 bits per heavy atom. The Hall–Kier alpha value is -8.15. The lowest BCUT2D eigenvalue weighted by atomic mass is 9.96. The first kappa shape index (κ1) is 32.9. The summed E-state index contributed by atoms with van der Waals surface area (Å²) in [5.74, 6) is 1.77. The molecule has 0 spiro atoms. The van der Waals surface area contributed by atoms with Crippen molar-refractivity contribution < 1.29 is 4.42 Å². The largest absolute Gasteiger partial charge is 0.454 e. The summed E-state index contributed by atoms with van der Waals surface area (Å²) in [6.07, 6.45) is 0. The third-order valence-corrected chi connectivity index (χ3v) is 12.2. The minimum Gasteiger partial charge on any atom is -0.454 e. The number of benzene rings is 10. The summed E-state index contributed by atoms with van der Waals surface area (Å²) in [6.45, 7) is 0. The highest BCUT2D eigenvalue weighted by Gasteiger charge is 2.25. The summed E-state index contributed by atoms with van der Waals surface area (Å²) in [7, 11) is 0. The fraction of sp³-hybridized carbons (Fsp3) is 0. The van der Waals surface area contributed by atoms with Crippen molar-refractivity contribution in [1.82, 2.24) is 19.5 Å². The first-order valence-electron chi connectivity index (χ1n) is 20.3. The molecule has 60 heavy (non-hydrogen) atoms. The van der Waals surface area contributed by atoms with Gasteiger partial charge in [-0.05, 0) is 85.6 Å². The Kier molecular flexibility index (Phi) is 6.95. The standard InChI is InChI=1S/C55H32N4O/c1-2-16-35-32-49-46(30-34(35)15-1)41-23-9-11-26-48(41)59(49)51-45(29-28-43-42-24-10-12-27-50(42)60-52(43)51)54-56-53(44-25-13-18-33-14-3-5-19-37(33)44)57-55(58-54)47-31-36-17-4-6-20-38(36)39-21-7-8-22-40(39)47/h1-32H. The topological polar surface area (TPSA) is 56.7 Å². The van der Waals surface area contributed by atoms with E-state index in [0.29, 0.717) is 17.5 Å². The van der Waals surface area contributed by atoms with E-state index >= 15 is 0 Å². The van der Waals surface area contributed by atoms with Gasteiger partial charge in [0.05, 0.1) is 11.0 Å². The normalized spacial score (nSPS) is 12.0. The first-order valence-corrected chi connectivity index (χ1v) is 20.3. The Bertz CT molecular complexity index is 3910. The summed E-state index contributed by atoms with van der Waals surface area (Å²) in [5, 5.41) is 13.5. The minimum atomic E-state index is 0.559. The molecule has 0 N–H and O–H groups in total. The summed E-state index contributed by atoms with van der Waals surface area (Å²) < 4.78 is 9.32. The van der Waals surface area contributed by atoms with E-state index in [-0.39, 0.29) is 0 Å². The Balaban J connectivity index is 1.19. The molecule has 0 unspecified atom stereocenters. The van der Waals surface area contributed by atoms with E-state index in [1.807, 2.05) is 12.1 Å². The zero-order valence-corrected chi connectivity index (χ0v) is 32.2. The van der Waals surface area contributed by atoms with Crippen molar-refractivity contribution in [1.29, 1.82) is 0 Å². The number of nitrogens with zero attached hydrogens (tertiary/aromatic N) is 4. The highest BCUT2D eigenvalue weighted by atomic mass is 16.3. The predicted molar refractivity (Wildman–Crippen MR) is 248 cm³/mol. The second kappa shape index (κ2) is 12.7. The maximum Gasteiger partial charge on any atom is 0.166 e. The van der Waals surface area contributed by atoms with E-state index in [9.17, 15) is 0 Å². The minimum absolute atomic E-state index is 0.559. The molecule has 13 aromatic rings. The molecule has 13 rings (SSSR count). The average Bonchev–Trinajstić information content (AvgIpc) is 3.85. The van der Waals surface area contributed by atoms with Crippen LogP contribution in [0.5, 0.6) is 0 Å². The van der Waals surface area contributed by atoms with Crippen molar-refractivity contribution in [2.45, 2.75) is 0 Å². The summed E-state index contributed by atoms with van der Waals surface area (Å²) in [5.41, 5.74) is 7.36. The lowest BCUT2D eigenvalue weighted by molar-refractivity contribution is 0.666. The quantitative estimate of drug-likeness (QED) is 0.167. The van der Waals surface area contributed by atoms with Gasteiger partial charge in [0.2, 0.25) is 0 Å². The van der Waals surface area contributed by atoms with Crippen LogP contribution in [0, 0.1) is 0 Å². The molecule has 0 aliphatic rings. The average molecular weight is 765 g/mol. The molecule has 0 bridgehead atoms. The van der Waals surface area contributed by atoms with Gasteiger partial charge in [0.25, 0.3) is 0 Å². The number of para-hydroxylation sites is 2. The SMILES string of the molecule is c1ccc2cc3c(cc2c1)c1ccccc1n3-c1c(-c2nc(-c3cccc4ccccc34)nc(-c3cc4ccccc4c4ccccc34)n2)ccc2c1oc1ccccc12. The molecule has 3 aromatic heterocycles.